The molecule has 0 unspecified atom stereocenters. The molecule has 146 valence electrons. The van der Waals surface area contributed by atoms with Gasteiger partial charge in [0.05, 0.1) is 5.69 Å². The summed E-state index contributed by atoms with van der Waals surface area (Å²) in [5.41, 5.74) is 2.08. The zero-order chi connectivity index (χ0) is 19.1. The van der Waals surface area contributed by atoms with Gasteiger partial charge in [0.15, 0.2) is 5.96 Å². The van der Waals surface area contributed by atoms with Crippen LogP contribution in [0.5, 0.6) is 0 Å². The van der Waals surface area contributed by atoms with Gasteiger partial charge in [0.25, 0.3) is 0 Å². The highest BCUT2D eigenvalue weighted by Crippen LogP contribution is 2.19. The molecule has 1 aromatic carbocycles. The van der Waals surface area contributed by atoms with Crippen molar-refractivity contribution in [2.75, 3.05) is 39.3 Å². The van der Waals surface area contributed by atoms with Gasteiger partial charge in [-0.25, -0.2) is 0 Å². The van der Waals surface area contributed by atoms with E-state index in [1.54, 1.807) is 12.3 Å². The maximum Gasteiger partial charge on any atom is 0.194 e. The summed E-state index contributed by atoms with van der Waals surface area (Å²) in [6, 6.07) is 7.55. The molecular formula is C19H25Cl2N5O. The van der Waals surface area contributed by atoms with Crippen LogP contribution in [0.15, 0.2) is 40.0 Å². The number of hydrogen-bond acceptors (Lipinski definition) is 4. The summed E-state index contributed by atoms with van der Waals surface area (Å²) in [5, 5.41) is 8.72. The van der Waals surface area contributed by atoms with E-state index < -0.39 is 0 Å². The molecule has 0 amide bonds. The Kier molecular flexibility index (Phi) is 7.38. The quantitative estimate of drug-likeness (QED) is 0.585. The fourth-order valence-corrected chi connectivity index (χ4v) is 3.71. The van der Waals surface area contributed by atoms with E-state index >= 15 is 0 Å². The number of guanidine groups is 1. The van der Waals surface area contributed by atoms with Crippen LogP contribution in [0.1, 0.15) is 18.2 Å². The lowest BCUT2D eigenvalue weighted by atomic mass is 10.1. The molecule has 8 heteroatoms. The molecule has 1 aromatic heterocycles. The first-order chi connectivity index (χ1) is 13.1. The molecule has 0 spiro atoms. The number of aromatic nitrogens is 1. The predicted molar refractivity (Wildman–Crippen MR) is 109 cm³/mol. The first kappa shape index (κ1) is 20.0. The van der Waals surface area contributed by atoms with Gasteiger partial charge in [-0.05, 0) is 37.1 Å². The second kappa shape index (κ2) is 9.97. The van der Waals surface area contributed by atoms with Crippen molar-refractivity contribution in [2.45, 2.75) is 19.9 Å². The Hall–Kier alpha value is -1.76. The van der Waals surface area contributed by atoms with Crippen molar-refractivity contribution in [3.63, 3.8) is 0 Å². The second-order valence-corrected chi connectivity index (χ2v) is 7.39. The summed E-state index contributed by atoms with van der Waals surface area (Å²) in [7, 11) is 0. The molecule has 1 aliphatic rings. The SMILES string of the molecule is CCNC(=NCCc1cc(Cl)cc(Cl)c1)N1CCN(Cc2ccon2)CC1. The van der Waals surface area contributed by atoms with E-state index in [0.29, 0.717) is 16.6 Å². The third kappa shape index (κ3) is 6.13. The highest BCUT2D eigenvalue weighted by atomic mass is 35.5. The molecule has 0 radical (unpaired) electrons. The van der Waals surface area contributed by atoms with Crippen LogP contribution in [0.3, 0.4) is 0 Å². The van der Waals surface area contributed by atoms with Crippen molar-refractivity contribution in [1.29, 1.82) is 0 Å². The molecule has 27 heavy (non-hydrogen) atoms. The Labute approximate surface area is 170 Å². The predicted octanol–water partition coefficient (Wildman–Crippen LogP) is 3.31. The molecule has 0 saturated carbocycles. The minimum absolute atomic E-state index is 0.664. The zero-order valence-electron chi connectivity index (χ0n) is 15.5. The van der Waals surface area contributed by atoms with E-state index in [0.717, 1.165) is 62.9 Å². The maximum absolute atomic E-state index is 6.07. The van der Waals surface area contributed by atoms with Crippen LogP contribution in [0.4, 0.5) is 0 Å². The van der Waals surface area contributed by atoms with Crippen LogP contribution in [-0.4, -0.2) is 60.2 Å². The minimum atomic E-state index is 0.664. The molecule has 0 bridgehead atoms. The molecule has 6 nitrogen and oxygen atoms in total. The molecule has 1 saturated heterocycles. The summed E-state index contributed by atoms with van der Waals surface area (Å²) >= 11 is 12.1. The normalized spacial score (nSPS) is 16.0. The van der Waals surface area contributed by atoms with Crippen molar-refractivity contribution in [3.05, 3.63) is 51.8 Å². The summed E-state index contributed by atoms with van der Waals surface area (Å²) in [6.45, 7) is 8.28. The lowest BCUT2D eigenvalue weighted by molar-refractivity contribution is 0.169. The van der Waals surface area contributed by atoms with Crippen molar-refractivity contribution in [3.8, 4) is 0 Å². The Morgan fingerprint density at radius 2 is 1.93 bits per heavy atom. The van der Waals surface area contributed by atoms with Gasteiger partial charge in [-0.1, -0.05) is 28.4 Å². The molecule has 2 aromatic rings. The van der Waals surface area contributed by atoms with Crippen LogP contribution < -0.4 is 5.32 Å². The first-order valence-corrected chi connectivity index (χ1v) is 9.99. The highest BCUT2D eigenvalue weighted by molar-refractivity contribution is 6.34. The number of rotatable bonds is 6. The number of halogens is 2. The molecule has 1 fully saturated rings. The number of nitrogens with one attached hydrogen (secondary N) is 1. The fraction of sp³-hybridized carbons (Fsp3) is 0.474. The average Bonchev–Trinajstić information content (AvgIpc) is 3.14. The Bertz CT molecular complexity index is 722. The molecule has 1 aliphatic heterocycles. The van der Waals surface area contributed by atoms with E-state index in [9.17, 15) is 0 Å². The van der Waals surface area contributed by atoms with Crippen molar-refractivity contribution >= 4 is 29.2 Å². The van der Waals surface area contributed by atoms with Crippen LogP contribution >= 0.6 is 23.2 Å². The fourth-order valence-electron chi connectivity index (χ4n) is 3.14. The molecule has 1 N–H and O–H groups in total. The van der Waals surface area contributed by atoms with E-state index in [1.165, 1.54) is 0 Å². The van der Waals surface area contributed by atoms with Gasteiger partial charge in [0, 0.05) is 61.9 Å². The summed E-state index contributed by atoms with van der Waals surface area (Å²) in [5.74, 6) is 0.965. The smallest absolute Gasteiger partial charge is 0.194 e. The lowest BCUT2D eigenvalue weighted by Crippen LogP contribution is -2.52. The lowest BCUT2D eigenvalue weighted by Gasteiger charge is -2.36. The van der Waals surface area contributed by atoms with Crippen molar-refractivity contribution < 1.29 is 4.52 Å². The van der Waals surface area contributed by atoms with Gasteiger partial charge in [-0.2, -0.15) is 0 Å². The van der Waals surface area contributed by atoms with Crippen LogP contribution in [0, 0.1) is 0 Å². The summed E-state index contributed by atoms with van der Waals surface area (Å²) in [6.07, 6.45) is 2.43. The van der Waals surface area contributed by atoms with Gasteiger partial charge in [-0.3, -0.25) is 9.89 Å². The number of piperazine rings is 1. The molecule has 2 heterocycles. The van der Waals surface area contributed by atoms with Gasteiger partial charge in [0.2, 0.25) is 0 Å². The first-order valence-electron chi connectivity index (χ1n) is 9.24. The monoisotopic (exact) mass is 409 g/mol. The number of nitrogens with zero attached hydrogens (tertiary/aromatic N) is 4. The van der Waals surface area contributed by atoms with E-state index in [1.807, 2.05) is 18.2 Å². The Balaban J connectivity index is 1.52. The molecular weight excluding hydrogens is 385 g/mol. The summed E-state index contributed by atoms with van der Waals surface area (Å²) in [4.78, 5) is 9.49. The number of benzene rings is 1. The van der Waals surface area contributed by atoms with E-state index in [4.69, 9.17) is 32.7 Å². The van der Waals surface area contributed by atoms with Gasteiger partial charge in [0.1, 0.15) is 6.26 Å². The maximum atomic E-state index is 6.07. The molecule has 0 aliphatic carbocycles. The van der Waals surface area contributed by atoms with E-state index in [2.05, 4.69) is 27.2 Å². The standard InChI is InChI=1S/C19H25Cl2N5O/c1-2-22-19(23-5-3-15-11-16(20)13-17(21)12-15)26-8-6-25(7-9-26)14-18-4-10-27-24-18/h4,10-13H,2-3,5-9,14H2,1H3,(H,22,23). The number of hydrogen-bond donors (Lipinski definition) is 1. The van der Waals surface area contributed by atoms with E-state index in [-0.39, 0.29) is 0 Å². The number of aliphatic imine (C=N–C) groups is 1. The Morgan fingerprint density at radius 1 is 1.19 bits per heavy atom. The molecule has 0 atom stereocenters. The summed E-state index contributed by atoms with van der Waals surface area (Å²) < 4.78 is 4.91. The van der Waals surface area contributed by atoms with Gasteiger partial charge >= 0.3 is 0 Å². The van der Waals surface area contributed by atoms with Crippen LogP contribution in [0.2, 0.25) is 10.0 Å². The second-order valence-electron chi connectivity index (χ2n) is 6.52. The minimum Gasteiger partial charge on any atom is -0.364 e. The molecule has 3 rings (SSSR count). The highest BCUT2D eigenvalue weighted by Gasteiger charge is 2.20. The van der Waals surface area contributed by atoms with Crippen LogP contribution in [-0.2, 0) is 13.0 Å². The van der Waals surface area contributed by atoms with Crippen LogP contribution in [0.25, 0.3) is 0 Å². The average molecular weight is 410 g/mol. The van der Waals surface area contributed by atoms with Gasteiger partial charge in [-0.15, -0.1) is 0 Å². The van der Waals surface area contributed by atoms with Gasteiger partial charge < -0.3 is 14.7 Å². The van der Waals surface area contributed by atoms with Crippen molar-refractivity contribution in [1.82, 2.24) is 20.3 Å². The topological polar surface area (TPSA) is 56.9 Å². The zero-order valence-corrected chi connectivity index (χ0v) is 17.0. The largest absolute Gasteiger partial charge is 0.364 e. The third-order valence-corrected chi connectivity index (χ3v) is 4.90. The van der Waals surface area contributed by atoms with Crippen molar-refractivity contribution in [2.24, 2.45) is 4.99 Å². The third-order valence-electron chi connectivity index (χ3n) is 4.47. The Morgan fingerprint density at radius 3 is 2.56 bits per heavy atom.